The number of hydrogen-bond acceptors (Lipinski definition) is 6. The topological polar surface area (TPSA) is 80.9 Å². The van der Waals surface area contributed by atoms with E-state index in [1.165, 1.54) is 0 Å². The number of thioether (sulfide) groups is 1. The fourth-order valence-electron chi connectivity index (χ4n) is 1.29. The third kappa shape index (κ3) is 3.28. The van der Waals surface area contributed by atoms with Crippen LogP contribution in [-0.2, 0) is 5.75 Å². The average molecular weight is 280 g/mol. The minimum absolute atomic E-state index is 0.325. The summed E-state index contributed by atoms with van der Waals surface area (Å²) in [5.41, 5.74) is 4.24. The molecule has 3 N–H and O–H groups in total. The first-order valence-electron chi connectivity index (χ1n) is 5.21. The number of hydrogen-bond donors (Lipinski definition) is 2. The predicted octanol–water partition coefficient (Wildman–Crippen LogP) is 1.74. The number of nitrogens with one attached hydrogen (secondary N) is 1. The number of nitrogens with two attached hydrogens (primary N) is 1. The first kappa shape index (κ1) is 13.0. The maximum atomic E-state index is 11.3. The van der Waals surface area contributed by atoms with Crippen LogP contribution in [0.1, 0.15) is 21.9 Å². The molecular weight excluding hydrogens is 268 g/mol. The molecule has 0 unspecified atom stereocenters. The van der Waals surface area contributed by atoms with Crippen molar-refractivity contribution in [2.45, 2.75) is 17.0 Å². The highest BCUT2D eigenvalue weighted by Gasteiger charge is 2.07. The third-order valence-corrected chi connectivity index (χ3v) is 4.28. The number of thiazole rings is 1. The normalized spacial score (nSPS) is 10.3. The van der Waals surface area contributed by atoms with Crippen molar-refractivity contribution in [1.82, 2.24) is 15.4 Å². The largest absolute Gasteiger partial charge is 0.289 e. The molecule has 0 atom stereocenters. The minimum atomic E-state index is -0.382. The fourth-order valence-corrected chi connectivity index (χ4v) is 3.05. The summed E-state index contributed by atoms with van der Waals surface area (Å²) in [6, 6.07) is 5.30. The van der Waals surface area contributed by atoms with Gasteiger partial charge in [0.05, 0.1) is 5.69 Å². The van der Waals surface area contributed by atoms with Crippen LogP contribution in [0.2, 0.25) is 0 Å². The van der Waals surface area contributed by atoms with Crippen molar-refractivity contribution in [3.8, 4) is 0 Å². The SMILES string of the molecule is Cc1csc(SCc2cccc(C(=O)NN)n2)n1. The summed E-state index contributed by atoms with van der Waals surface area (Å²) in [5, 5.41) is 2.01. The number of carbonyl (C=O) groups is 1. The first-order chi connectivity index (χ1) is 8.69. The van der Waals surface area contributed by atoms with E-state index in [1.807, 2.05) is 18.4 Å². The molecule has 0 aliphatic rings. The Morgan fingerprint density at radius 1 is 1.50 bits per heavy atom. The van der Waals surface area contributed by atoms with Gasteiger partial charge in [0.1, 0.15) is 10.0 Å². The average Bonchev–Trinajstić information content (AvgIpc) is 2.81. The number of nitrogens with zero attached hydrogens (tertiary/aromatic N) is 2. The van der Waals surface area contributed by atoms with E-state index in [0.29, 0.717) is 11.4 Å². The molecule has 94 valence electrons. The summed E-state index contributed by atoms with van der Waals surface area (Å²) in [6.07, 6.45) is 0. The first-order valence-corrected chi connectivity index (χ1v) is 7.07. The van der Waals surface area contributed by atoms with Gasteiger partial charge in [-0.2, -0.15) is 0 Å². The monoisotopic (exact) mass is 280 g/mol. The van der Waals surface area contributed by atoms with Gasteiger partial charge < -0.3 is 0 Å². The van der Waals surface area contributed by atoms with Crippen LogP contribution in [-0.4, -0.2) is 15.9 Å². The van der Waals surface area contributed by atoms with Gasteiger partial charge in [-0.25, -0.2) is 15.8 Å². The third-order valence-electron chi connectivity index (χ3n) is 2.11. The molecule has 0 aliphatic carbocycles. The van der Waals surface area contributed by atoms with Gasteiger partial charge in [0, 0.05) is 16.8 Å². The lowest BCUT2D eigenvalue weighted by atomic mass is 10.3. The van der Waals surface area contributed by atoms with Crippen molar-refractivity contribution in [3.63, 3.8) is 0 Å². The zero-order chi connectivity index (χ0) is 13.0. The molecule has 1 amide bonds. The Balaban J connectivity index is 2.03. The minimum Gasteiger partial charge on any atom is -0.289 e. The zero-order valence-corrected chi connectivity index (χ0v) is 11.3. The Morgan fingerprint density at radius 2 is 2.33 bits per heavy atom. The number of pyridine rings is 1. The van der Waals surface area contributed by atoms with Crippen LogP contribution in [0, 0.1) is 6.92 Å². The number of hydrazine groups is 1. The smallest absolute Gasteiger partial charge is 0.283 e. The van der Waals surface area contributed by atoms with E-state index < -0.39 is 0 Å². The van der Waals surface area contributed by atoms with Crippen LogP contribution in [0.25, 0.3) is 0 Å². The standard InChI is InChI=1S/C11H12N4OS2/c1-7-5-17-11(13-7)18-6-8-3-2-4-9(14-8)10(16)15-12/h2-5H,6,12H2,1H3,(H,15,16). The molecule has 0 aliphatic heterocycles. The van der Waals surface area contributed by atoms with E-state index >= 15 is 0 Å². The Morgan fingerprint density at radius 3 is 3.00 bits per heavy atom. The second kappa shape index (κ2) is 5.94. The summed E-state index contributed by atoms with van der Waals surface area (Å²) < 4.78 is 1.00. The highest BCUT2D eigenvalue weighted by Crippen LogP contribution is 2.25. The molecule has 0 aromatic carbocycles. The molecule has 0 radical (unpaired) electrons. The van der Waals surface area contributed by atoms with Gasteiger partial charge in [-0.1, -0.05) is 17.8 Å². The molecule has 2 heterocycles. The summed E-state index contributed by atoms with van der Waals surface area (Å²) in [6.45, 7) is 1.96. The van der Waals surface area contributed by atoms with Crippen LogP contribution in [0.3, 0.4) is 0 Å². The lowest BCUT2D eigenvalue weighted by molar-refractivity contribution is 0.0948. The molecule has 0 spiro atoms. The van der Waals surface area contributed by atoms with Gasteiger partial charge in [-0.3, -0.25) is 10.2 Å². The molecule has 0 saturated heterocycles. The van der Waals surface area contributed by atoms with Gasteiger partial charge in [0.15, 0.2) is 0 Å². The van der Waals surface area contributed by atoms with Crippen molar-refractivity contribution in [3.05, 3.63) is 40.7 Å². The van der Waals surface area contributed by atoms with Gasteiger partial charge in [-0.15, -0.1) is 11.3 Å². The van der Waals surface area contributed by atoms with Crippen LogP contribution in [0.5, 0.6) is 0 Å². The Kier molecular flexibility index (Phi) is 4.29. The highest BCUT2D eigenvalue weighted by molar-refractivity contribution is 8.00. The molecule has 0 fully saturated rings. The van der Waals surface area contributed by atoms with Crippen molar-refractivity contribution >= 4 is 29.0 Å². The molecule has 18 heavy (non-hydrogen) atoms. The maximum absolute atomic E-state index is 11.3. The lowest BCUT2D eigenvalue weighted by Crippen LogP contribution is -2.30. The van der Waals surface area contributed by atoms with E-state index in [0.717, 1.165) is 15.7 Å². The van der Waals surface area contributed by atoms with Gasteiger partial charge >= 0.3 is 0 Å². The predicted molar refractivity (Wildman–Crippen MR) is 72.3 cm³/mol. The molecule has 2 aromatic heterocycles. The maximum Gasteiger partial charge on any atom is 0.283 e. The Hall–Kier alpha value is -1.44. The summed E-state index contributed by atoms with van der Waals surface area (Å²) in [5.74, 6) is 5.37. The van der Waals surface area contributed by atoms with Crippen LogP contribution < -0.4 is 11.3 Å². The van der Waals surface area contributed by atoms with E-state index in [1.54, 1.807) is 35.2 Å². The quantitative estimate of drug-likeness (QED) is 0.386. The molecule has 7 heteroatoms. The van der Waals surface area contributed by atoms with Crippen molar-refractivity contribution in [2.24, 2.45) is 5.84 Å². The van der Waals surface area contributed by atoms with Gasteiger partial charge in [-0.05, 0) is 19.1 Å². The highest BCUT2D eigenvalue weighted by atomic mass is 32.2. The van der Waals surface area contributed by atoms with Crippen molar-refractivity contribution in [1.29, 1.82) is 0 Å². The van der Waals surface area contributed by atoms with Crippen molar-refractivity contribution in [2.75, 3.05) is 0 Å². The van der Waals surface area contributed by atoms with Gasteiger partial charge in [0.2, 0.25) is 0 Å². The number of amides is 1. The van der Waals surface area contributed by atoms with Gasteiger partial charge in [0.25, 0.3) is 5.91 Å². The molecule has 2 rings (SSSR count). The molecule has 5 nitrogen and oxygen atoms in total. The van der Waals surface area contributed by atoms with E-state index in [-0.39, 0.29) is 5.91 Å². The van der Waals surface area contributed by atoms with E-state index in [4.69, 9.17) is 5.84 Å². The Labute approximate surface area is 113 Å². The van der Waals surface area contributed by atoms with Crippen LogP contribution >= 0.6 is 23.1 Å². The van der Waals surface area contributed by atoms with Crippen LogP contribution in [0.4, 0.5) is 0 Å². The second-order valence-corrected chi connectivity index (χ2v) is 5.61. The fraction of sp³-hybridized carbons (Fsp3) is 0.182. The van der Waals surface area contributed by atoms with Crippen molar-refractivity contribution < 1.29 is 4.79 Å². The Bertz CT molecular complexity index is 555. The van der Waals surface area contributed by atoms with E-state index in [2.05, 4.69) is 15.4 Å². The van der Waals surface area contributed by atoms with Crippen LogP contribution in [0.15, 0.2) is 27.9 Å². The number of carbonyl (C=O) groups excluding carboxylic acids is 1. The lowest BCUT2D eigenvalue weighted by Gasteiger charge is -2.02. The number of nitrogen functional groups attached to an aromatic ring is 1. The molecular formula is C11H12N4OS2. The molecule has 2 aromatic rings. The molecule has 0 saturated carbocycles. The zero-order valence-electron chi connectivity index (χ0n) is 9.71. The number of aromatic nitrogens is 2. The summed E-state index contributed by atoms with van der Waals surface area (Å²) in [4.78, 5) is 19.9. The van der Waals surface area contributed by atoms with E-state index in [9.17, 15) is 4.79 Å². The number of rotatable bonds is 4. The second-order valence-electron chi connectivity index (χ2n) is 3.53. The summed E-state index contributed by atoms with van der Waals surface area (Å²) in [7, 11) is 0. The molecule has 0 bridgehead atoms. The summed E-state index contributed by atoms with van der Waals surface area (Å²) >= 11 is 3.21. The number of aryl methyl sites for hydroxylation is 1.